The molecule has 0 radical (unpaired) electrons. The summed E-state index contributed by atoms with van der Waals surface area (Å²) in [6, 6.07) is 3.43. The average molecular weight is 294 g/mol. The molecule has 1 aromatic rings. The topological polar surface area (TPSA) is 85.1 Å². The highest BCUT2D eigenvalue weighted by Crippen LogP contribution is 2.19. The lowest BCUT2D eigenvalue weighted by Crippen LogP contribution is -2.19. The van der Waals surface area contributed by atoms with Gasteiger partial charge in [0.2, 0.25) is 10.0 Å². The number of rotatable bonds is 5. The molecular formula is C8H12BrN3O2S. The van der Waals surface area contributed by atoms with Crippen LogP contribution < -0.4 is 10.5 Å². The van der Waals surface area contributed by atoms with E-state index in [1.807, 2.05) is 0 Å². The van der Waals surface area contributed by atoms with E-state index in [1.54, 1.807) is 12.1 Å². The zero-order valence-corrected chi connectivity index (χ0v) is 10.4. The maximum absolute atomic E-state index is 11.5. The molecule has 3 N–H and O–H groups in total. The first kappa shape index (κ1) is 12.4. The molecule has 0 aromatic carbocycles. The standard InChI is InChI=1S/C8H12BrN3O2S/c9-7-3-1-5-11-8(7)12-15(13,14)6-2-4-10/h1,3,5H,2,4,6,10H2,(H,11,12). The molecule has 0 amide bonds. The van der Waals surface area contributed by atoms with Crippen molar-refractivity contribution in [1.82, 2.24) is 4.98 Å². The summed E-state index contributed by atoms with van der Waals surface area (Å²) in [5.41, 5.74) is 5.24. The van der Waals surface area contributed by atoms with Crippen molar-refractivity contribution in [3.05, 3.63) is 22.8 Å². The summed E-state index contributed by atoms with van der Waals surface area (Å²) in [5.74, 6) is 0.307. The third kappa shape index (κ3) is 4.15. The van der Waals surface area contributed by atoms with Gasteiger partial charge >= 0.3 is 0 Å². The van der Waals surface area contributed by atoms with Crippen molar-refractivity contribution < 1.29 is 8.42 Å². The number of sulfonamides is 1. The Morgan fingerprint density at radius 1 is 1.53 bits per heavy atom. The molecule has 0 bridgehead atoms. The minimum atomic E-state index is -3.34. The first-order valence-electron chi connectivity index (χ1n) is 4.36. The fourth-order valence-electron chi connectivity index (χ4n) is 0.932. The lowest BCUT2D eigenvalue weighted by atomic mass is 10.5. The van der Waals surface area contributed by atoms with Crippen molar-refractivity contribution in [3.8, 4) is 0 Å². The maximum atomic E-state index is 11.5. The third-order valence-corrected chi connectivity index (χ3v) is 3.60. The summed E-state index contributed by atoms with van der Waals surface area (Å²) in [6.45, 7) is 0.351. The molecule has 0 aliphatic carbocycles. The van der Waals surface area contributed by atoms with Crippen molar-refractivity contribution in [2.75, 3.05) is 17.0 Å². The number of aromatic nitrogens is 1. The van der Waals surface area contributed by atoms with Gasteiger partial charge in [0, 0.05) is 6.20 Å². The van der Waals surface area contributed by atoms with E-state index >= 15 is 0 Å². The highest BCUT2D eigenvalue weighted by molar-refractivity contribution is 9.10. The van der Waals surface area contributed by atoms with Gasteiger partial charge in [0.05, 0.1) is 10.2 Å². The highest BCUT2D eigenvalue weighted by Gasteiger charge is 2.11. The Balaban J connectivity index is 2.74. The molecular weight excluding hydrogens is 282 g/mol. The van der Waals surface area contributed by atoms with Crippen LogP contribution >= 0.6 is 15.9 Å². The van der Waals surface area contributed by atoms with Crippen LogP contribution in [0.2, 0.25) is 0 Å². The minimum absolute atomic E-state index is 0.00646. The fourth-order valence-corrected chi connectivity index (χ4v) is 2.52. The number of halogens is 1. The number of nitrogens with two attached hydrogens (primary N) is 1. The minimum Gasteiger partial charge on any atom is -0.330 e. The van der Waals surface area contributed by atoms with E-state index in [0.29, 0.717) is 23.3 Å². The van der Waals surface area contributed by atoms with E-state index in [1.165, 1.54) is 6.20 Å². The van der Waals surface area contributed by atoms with Gasteiger partial charge in [-0.15, -0.1) is 0 Å². The molecule has 1 heterocycles. The molecule has 1 aromatic heterocycles. The second kappa shape index (κ2) is 5.43. The second-order valence-corrected chi connectivity index (χ2v) is 5.59. The molecule has 0 fully saturated rings. The molecule has 0 saturated carbocycles. The smallest absolute Gasteiger partial charge is 0.233 e. The summed E-state index contributed by atoms with van der Waals surface area (Å²) < 4.78 is 26.0. The maximum Gasteiger partial charge on any atom is 0.233 e. The van der Waals surface area contributed by atoms with Crippen LogP contribution in [0.25, 0.3) is 0 Å². The van der Waals surface area contributed by atoms with E-state index in [9.17, 15) is 8.42 Å². The van der Waals surface area contributed by atoms with Crippen molar-refractivity contribution in [2.45, 2.75) is 6.42 Å². The molecule has 0 spiro atoms. The predicted molar refractivity (Wildman–Crippen MR) is 63.0 cm³/mol. The monoisotopic (exact) mass is 293 g/mol. The average Bonchev–Trinajstić information content (AvgIpc) is 2.18. The Hall–Kier alpha value is -0.660. The van der Waals surface area contributed by atoms with Gasteiger partial charge in [0.1, 0.15) is 0 Å². The van der Waals surface area contributed by atoms with Gasteiger partial charge in [-0.3, -0.25) is 4.72 Å². The number of anilines is 1. The number of nitrogens with zero attached hydrogens (tertiary/aromatic N) is 1. The van der Waals surface area contributed by atoms with Gasteiger partial charge in [0.15, 0.2) is 5.82 Å². The number of nitrogens with one attached hydrogen (secondary N) is 1. The van der Waals surface area contributed by atoms with E-state index < -0.39 is 10.0 Å². The Labute approximate surface area is 97.3 Å². The van der Waals surface area contributed by atoms with Gasteiger partial charge in [-0.05, 0) is 41.0 Å². The molecule has 0 aliphatic heterocycles. The first-order chi connectivity index (χ1) is 7.05. The Kier molecular flexibility index (Phi) is 4.49. The summed E-state index contributed by atoms with van der Waals surface area (Å²) in [5, 5.41) is 0. The summed E-state index contributed by atoms with van der Waals surface area (Å²) in [4.78, 5) is 3.90. The predicted octanol–water partition coefficient (Wildman–Crippen LogP) is 0.935. The zero-order chi connectivity index (χ0) is 11.3. The third-order valence-electron chi connectivity index (χ3n) is 1.63. The van der Waals surface area contributed by atoms with Crippen LogP contribution in [0.15, 0.2) is 22.8 Å². The molecule has 0 aliphatic rings. The molecule has 84 valence electrons. The van der Waals surface area contributed by atoms with Crippen LogP contribution in [-0.2, 0) is 10.0 Å². The molecule has 0 atom stereocenters. The highest BCUT2D eigenvalue weighted by atomic mass is 79.9. The molecule has 7 heteroatoms. The lowest BCUT2D eigenvalue weighted by molar-refractivity contribution is 0.598. The van der Waals surface area contributed by atoms with Gasteiger partial charge in [-0.25, -0.2) is 13.4 Å². The Morgan fingerprint density at radius 2 is 2.27 bits per heavy atom. The van der Waals surface area contributed by atoms with Crippen LogP contribution in [-0.4, -0.2) is 25.7 Å². The largest absolute Gasteiger partial charge is 0.330 e. The Bertz CT molecular complexity index is 422. The summed E-state index contributed by atoms with van der Waals surface area (Å²) in [6.07, 6.45) is 1.95. The van der Waals surface area contributed by atoms with Gasteiger partial charge in [-0.1, -0.05) is 0 Å². The molecule has 5 nitrogen and oxygen atoms in total. The number of hydrogen-bond donors (Lipinski definition) is 2. The quantitative estimate of drug-likeness (QED) is 0.846. The molecule has 15 heavy (non-hydrogen) atoms. The molecule has 0 unspecified atom stereocenters. The van der Waals surface area contributed by atoms with Gasteiger partial charge in [0.25, 0.3) is 0 Å². The molecule has 1 rings (SSSR count). The van der Waals surface area contributed by atoms with Crippen molar-refractivity contribution >= 4 is 31.8 Å². The summed E-state index contributed by atoms with van der Waals surface area (Å²) >= 11 is 3.20. The van der Waals surface area contributed by atoms with Gasteiger partial charge in [-0.2, -0.15) is 0 Å². The second-order valence-electron chi connectivity index (χ2n) is 2.90. The van der Waals surface area contributed by atoms with Crippen molar-refractivity contribution in [2.24, 2.45) is 5.73 Å². The van der Waals surface area contributed by atoms with E-state index in [-0.39, 0.29) is 5.75 Å². The van der Waals surface area contributed by atoms with Crippen LogP contribution in [0.1, 0.15) is 6.42 Å². The van der Waals surface area contributed by atoms with Crippen LogP contribution in [0.4, 0.5) is 5.82 Å². The van der Waals surface area contributed by atoms with E-state index in [4.69, 9.17) is 5.73 Å². The SMILES string of the molecule is NCCCS(=O)(=O)Nc1ncccc1Br. The van der Waals surface area contributed by atoms with E-state index in [2.05, 4.69) is 25.6 Å². The van der Waals surface area contributed by atoms with E-state index in [0.717, 1.165) is 0 Å². The van der Waals surface area contributed by atoms with Crippen LogP contribution in [0.5, 0.6) is 0 Å². The van der Waals surface area contributed by atoms with Gasteiger partial charge < -0.3 is 5.73 Å². The number of hydrogen-bond acceptors (Lipinski definition) is 4. The van der Waals surface area contributed by atoms with Crippen LogP contribution in [0, 0.1) is 0 Å². The first-order valence-corrected chi connectivity index (χ1v) is 6.81. The van der Waals surface area contributed by atoms with Crippen molar-refractivity contribution in [3.63, 3.8) is 0 Å². The van der Waals surface area contributed by atoms with Crippen LogP contribution in [0.3, 0.4) is 0 Å². The fraction of sp³-hybridized carbons (Fsp3) is 0.375. The normalized spacial score (nSPS) is 11.3. The Morgan fingerprint density at radius 3 is 2.87 bits per heavy atom. The zero-order valence-electron chi connectivity index (χ0n) is 7.98. The molecule has 0 saturated heterocycles. The van der Waals surface area contributed by atoms with Crippen molar-refractivity contribution in [1.29, 1.82) is 0 Å². The number of pyridine rings is 1. The summed E-state index contributed by atoms with van der Waals surface area (Å²) in [7, 11) is -3.34. The lowest BCUT2D eigenvalue weighted by Gasteiger charge is -2.07.